The van der Waals surface area contributed by atoms with E-state index in [0.29, 0.717) is 31.4 Å². The lowest BCUT2D eigenvalue weighted by Gasteiger charge is -2.27. The number of aliphatic imine (C=N–C) groups is 1. The van der Waals surface area contributed by atoms with Gasteiger partial charge in [0.05, 0.1) is 6.54 Å². The number of hydrogen-bond acceptors (Lipinski definition) is 3. The molecule has 0 aromatic rings. The highest BCUT2D eigenvalue weighted by Gasteiger charge is 2.18. The van der Waals surface area contributed by atoms with Crippen molar-refractivity contribution in [3.63, 3.8) is 0 Å². The molecule has 0 aromatic heterocycles. The summed E-state index contributed by atoms with van der Waals surface area (Å²) in [6.07, 6.45) is 5.68. The minimum Gasteiger partial charge on any atom is -0.370 e. The Morgan fingerprint density at radius 2 is 1.95 bits per heavy atom. The SMILES string of the molecule is I.NC(=NCCNC(=O)CC1CCCC1)N1CCSCC1. The number of nitrogens with one attached hydrogen (secondary N) is 1. The minimum atomic E-state index is 0. The quantitative estimate of drug-likeness (QED) is 0.304. The van der Waals surface area contributed by atoms with Crippen molar-refractivity contribution in [3.8, 4) is 0 Å². The third-order valence-electron chi connectivity index (χ3n) is 3.99. The number of amides is 1. The third kappa shape index (κ3) is 7.08. The fourth-order valence-corrected chi connectivity index (χ4v) is 3.71. The molecule has 1 saturated heterocycles. The van der Waals surface area contributed by atoms with Gasteiger partial charge in [-0.05, 0) is 18.8 Å². The zero-order chi connectivity index (χ0) is 14.2. The van der Waals surface area contributed by atoms with Crippen LogP contribution in [0.5, 0.6) is 0 Å². The highest BCUT2D eigenvalue weighted by molar-refractivity contribution is 14.0. The summed E-state index contributed by atoms with van der Waals surface area (Å²) in [6, 6.07) is 0. The number of carbonyl (C=O) groups excluding carboxylic acids is 1. The minimum absolute atomic E-state index is 0. The first-order chi connectivity index (χ1) is 9.75. The van der Waals surface area contributed by atoms with Crippen LogP contribution < -0.4 is 11.1 Å². The maximum atomic E-state index is 11.7. The molecule has 0 unspecified atom stereocenters. The summed E-state index contributed by atoms with van der Waals surface area (Å²) >= 11 is 1.95. The lowest BCUT2D eigenvalue weighted by atomic mass is 10.0. The van der Waals surface area contributed by atoms with E-state index < -0.39 is 0 Å². The van der Waals surface area contributed by atoms with Gasteiger partial charge in [-0.1, -0.05) is 12.8 Å². The highest BCUT2D eigenvalue weighted by Crippen LogP contribution is 2.27. The van der Waals surface area contributed by atoms with Crippen LogP contribution in [0.3, 0.4) is 0 Å². The van der Waals surface area contributed by atoms with E-state index in [1.54, 1.807) is 0 Å². The number of hydrogen-bond donors (Lipinski definition) is 2. The van der Waals surface area contributed by atoms with E-state index in [0.717, 1.165) is 24.6 Å². The molecule has 7 heteroatoms. The first-order valence-corrected chi connectivity index (χ1v) is 8.80. The largest absolute Gasteiger partial charge is 0.370 e. The summed E-state index contributed by atoms with van der Waals surface area (Å²) in [7, 11) is 0. The lowest BCUT2D eigenvalue weighted by Crippen LogP contribution is -2.43. The average molecular weight is 426 g/mol. The predicted molar refractivity (Wildman–Crippen MR) is 100 cm³/mol. The third-order valence-corrected chi connectivity index (χ3v) is 4.93. The summed E-state index contributed by atoms with van der Waals surface area (Å²) in [5, 5.41) is 2.94. The molecule has 1 aliphatic carbocycles. The van der Waals surface area contributed by atoms with Crippen LogP contribution in [0, 0.1) is 5.92 Å². The van der Waals surface area contributed by atoms with E-state index in [2.05, 4.69) is 15.2 Å². The number of nitrogens with two attached hydrogens (primary N) is 1. The van der Waals surface area contributed by atoms with Crippen molar-refractivity contribution in [1.82, 2.24) is 10.2 Å². The van der Waals surface area contributed by atoms with E-state index in [1.807, 2.05) is 11.8 Å². The van der Waals surface area contributed by atoms with Gasteiger partial charge in [0.2, 0.25) is 5.91 Å². The smallest absolute Gasteiger partial charge is 0.220 e. The zero-order valence-electron chi connectivity index (χ0n) is 12.6. The predicted octanol–water partition coefficient (Wildman–Crippen LogP) is 1.66. The maximum absolute atomic E-state index is 11.7. The molecule has 21 heavy (non-hydrogen) atoms. The Hall–Kier alpha value is -0.180. The van der Waals surface area contributed by atoms with E-state index in [1.165, 1.54) is 25.7 Å². The summed E-state index contributed by atoms with van der Waals surface area (Å²) in [6.45, 7) is 3.13. The second-order valence-corrected chi connectivity index (χ2v) is 6.77. The molecule has 1 amide bonds. The van der Waals surface area contributed by atoms with E-state index in [-0.39, 0.29) is 29.9 Å². The molecule has 2 rings (SSSR count). The molecule has 0 aromatic carbocycles. The molecule has 5 nitrogen and oxygen atoms in total. The van der Waals surface area contributed by atoms with E-state index in [4.69, 9.17) is 5.73 Å². The van der Waals surface area contributed by atoms with Crippen LogP contribution in [0.1, 0.15) is 32.1 Å². The van der Waals surface area contributed by atoms with E-state index >= 15 is 0 Å². The van der Waals surface area contributed by atoms with Gasteiger partial charge in [0.25, 0.3) is 0 Å². The van der Waals surface area contributed by atoms with Crippen molar-refractivity contribution in [2.75, 3.05) is 37.7 Å². The number of carbonyl (C=O) groups is 1. The molecule has 0 bridgehead atoms. The average Bonchev–Trinajstić information content (AvgIpc) is 2.97. The summed E-state index contributed by atoms with van der Waals surface area (Å²) in [4.78, 5) is 18.2. The van der Waals surface area contributed by atoms with Crippen LogP contribution in [-0.2, 0) is 4.79 Å². The van der Waals surface area contributed by atoms with Crippen LogP contribution in [-0.4, -0.2) is 54.5 Å². The van der Waals surface area contributed by atoms with Crippen LogP contribution in [0.25, 0.3) is 0 Å². The van der Waals surface area contributed by atoms with Gasteiger partial charge in [-0.3, -0.25) is 9.79 Å². The van der Waals surface area contributed by atoms with Gasteiger partial charge < -0.3 is 16.0 Å². The second-order valence-electron chi connectivity index (χ2n) is 5.54. The lowest BCUT2D eigenvalue weighted by molar-refractivity contribution is -0.121. The van der Waals surface area contributed by atoms with Crippen molar-refractivity contribution in [2.24, 2.45) is 16.6 Å². The molecular weight excluding hydrogens is 399 g/mol. The Balaban J connectivity index is 0.00000220. The van der Waals surface area contributed by atoms with Crippen LogP contribution >= 0.6 is 35.7 Å². The summed E-state index contributed by atoms with van der Waals surface area (Å²) in [5.74, 6) is 3.63. The molecule has 1 saturated carbocycles. The van der Waals surface area contributed by atoms with Gasteiger partial charge in [-0.15, -0.1) is 24.0 Å². The van der Waals surface area contributed by atoms with Gasteiger partial charge in [0, 0.05) is 37.6 Å². The molecule has 0 radical (unpaired) electrons. The number of nitrogens with zero attached hydrogens (tertiary/aromatic N) is 2. The fraction of sp³-hybridized carbons (Fsp3) is 0.857. The van der Waals surface area contributed by atoms with Gasteiger partial charge in [-0.2, -0.15) is 11.8 Å². The van der Waals surface area contributed by atoms with E-state index in [9.17, 15) is 4.79 Å². The normalized spacial score (nSPS) is 20.2. The molecule has 2 aliphatic rings. The van der Waals surface area contributed by atoms with Crippen LogP contribution in [0.15, 0.2) is 4.99 Å². The fourth-order valence-electron chi connectivity index (χ4n) is 2.81. The van der Waals surface area contributed by atoms with Crippen molar-refractivity contribution in [3.05, 3.63) is 0 Å². The van der Waals surface area contributed by atoms with Gasteiger partial charge in [0.1, 0.15) is 0 Å². The molecule has 0 spiro atoms. The molecule has 1 heterocycles. The summed E-state index contributed by atoms with van der Waals surface area (Å²) < 4.78 is 0. The van der Waals surface area contributed by atoms with Crippen molar-refractivity contribution in [1.29, 1.82) is 0 Å². The maximum Gasteiger partial charge on any atom is 0.220 e. The Labute approximate surface area is 148 Å². The van der Waals surface area contributed by atoms with Crippen molar-refractivity contribution in [2.45, 2.75) is 32.1 Å². The molecule has 122 valence electrons. The second kappa shape index (κ2) is 10.5. The van der Waals surface area contributed by atoms with Crippen molar-refractivity contribution < 1.29 is 4.79 Å². The van der Waals surface area contributed by atoms with Crippen LogP contribution in [0.2, 0.25) is 0 Å². The Morgan fingerprint density at radius 3 is 2.62 bits per heavy atom. The topological polar surface area (TPSA) is 70.7 Å². The molecule has 1 aliphatic heterocycles. The van der Waals surface area contributed by atoms with Crippen molar-refractivity contribution >= 4 is 47.6 Å². The number of thioether (sulfide) groups is 1. The standard InChI is InChI=1S/C14H26N4OS.HI/c15-14(18-7-9-20-10-8-18)17-6-5-16-13(19)11-12-3-1-2-4-12;/h12H,1-11H2,(H2,15,17)(H,16,19);1H. The monoisotopic (exact) mass is 426 g/mol. The molecular formula is C14H27IN4OS. The number of halogens is 1. The number of rotatable bonds is 5. The number of guanidine groups is 1. The Kier molecular flexibility index (Phi) is 9.46. The Bertz CT molecular complexity index is 342. The van der Waals surface area contributed by atoms with Gasteiger partial charge >= 0.3 is 0 Å². The van der Waals surface area contributed by atoms with Gasteiger partial charge in [-0.25, -0.2) is 0 Å². The molecule has 3 N–H and O–H groups in total. The van der Waals surface area contributed by atoms with Gasteiger partial charge in [0.15, 0.2) is 5.96 Å². The highest BCUT2D eigenvalue weighted by atomic mass is 127. The molecule has 0 atom stereocenters. The summed E-state index contributed by atoms with van der Waals surface area (Å²) in [5.41, 5.74) is 5.95. The first-order valence-electron chi connectivity index (χ1n) is 7.65. The zero-order valence-corrected chi connectivity index (χ0v) is 15.7. The van der Waals surface area contributed by atoms with Crippen LogP contribution in [0.4, 0.5) is 0 Å². The molecule has 2 fully saturated rings. The first kappa shape index (κ1) is 18.9. The Morgan fingerprint density at radius 1 is 1.29 bits per heavy atom.